The maximum absolute atomic E-state index is 12.1. The average Bonchev–Trinajstić information content (AvgIpc) is 3.36. The van der Waals surface area contributed by atoms with Gasteiger partial charge in [-0.3, -0.25) is 9.59 Å². The van der Waals surface area contributed by atoms with Crippen LogP contribution in [0.4, 0.5) is 11.4 Å². The van der Waals surface area contributed by atoms with Crippen molar-refractivity contribution in [1.29, 1.82) is 0 Å². The summed E-state index contributed by atoms with van der Waals surface area (Å²) < 4.78 is 0. The second-order valence-corrected chi connectivity index (χ2v) is 9.55. The SMILES string of the molecule is Cc1ccc2[nH]c(O)c(N=NC(=O)CCCCCCCCC(=O)N=Nc3c(O)[nH]c4ccc(C)cc34)c2c1. The first-order chi connectivity index (χ1) is 18.3. The molecule has 4 N–H and O–H groups in total. The van der Waals surface area contributed by atoms with Crippen LogP contribution in [0.25, 0.3) is 21.8 Å². The van der Waals surface area contributed by atoms with Crippen LogP contribution < -0.4 is 0 Å². The lowest BCUT2D eigenvalue weighted by Gasteiger charge is -2.00. The van der Waals surface area contributed by atoms with Crippen molar-refractivity contribution in [2.75, 3.05) is 0 Å². The van der Waals surface area contributed by atoms with Gasteiger partial charge in [0.2, 0.25) is 11.8 Å². The van der Waals surface area contributed by atoms with Gasteiger partial charge in [-0.1, -0.05) is 48.9 Å². The fourth-order valence-corrected chi connectivity index (χ4v) is 4.33. The van der Waals surface area contributed by atoms with Crippen molar-refractivity contribution in [2.45, 2.75) is 65.2 Å². The van der Waals surface area contributed by atoms with E-state index in [0.717, 1.165) is 58.6 Å². The molecule has 0 aliphatic heterocycles. The van der Waals surface area contributed by atoms with Gasteiger partial charge in [0.15, 0.2) is 11.4 Å². The predicted molar refractivity (Wildman–Crippen MR) is 145 cm³/mol. The molecule has 0 atom stereocenters. The number of aromatic nitrogens is 2. The number of benzene rings is 2. The Kier molecular flexibility index (Phi) is 8.62. The number of unbranched alkanes of at least 4 members (excludes halogenated alkanes) is 5. The molecule has 0 bridgehead atoms. The van der Waals surface area contributed by atoms with Crippen LogP contribution in [-0.2, 0) is 9.59 Å². The Labute approximate surface area is 219 Å². The summed E-state index contributed by atoms with van der Waals surface area (Å²) in [6, 6.07) is 11.3. The van der Waals surface area contributed by atoms with Crippen LogP contribution in [0.15, 0.2) is 56.9 Å². The van der Waals surface area contributed by atoms with E-state index in [0.29, 0.717) is 25.7 Å². The van der Waals surface area contributed by atoms with Gasteiger partial charge in [-0.2, -0.15) is 0 Å². The Bertz CT molecular complexity index is 1400. The summed E-state index contributed by atoms with van der Waals surface area (Å²) in [7, 11) is 0. The molecule has 2 heterocycles. The predicted octanol–water partition coefficient (Wildman–Crippen LogP) is 7.72. The van der Waals surface area contributed by atoms with E-state index in [-0.39, 0.29) is 34.9 Å². The average molecular weight is 517 g/mol. The summed E-state index contributed by atoms with van der Waals surface area (Å²) in [4.78, 5) is 29.8. The van der Waals surface area contributed by atoms with Crippen LogP contribution in [0, 0.1) is 13.8 Å². The van der Waals surface area contributed by atoms with Gasteiger partial charge in [-0.15, -0.1) is 20.5 Å². The minimum absolute atomic E-state index is 0.103. The number of aromatic amines is 2. The van der Waals surface area contributed by atoms with Crippen LogP contribution in [-0.4, -0.2) is 32.0 Å². The van der Waals surface area contributed by atoms with Gasteiger partial charge in [-0.05, 0) is 51.0 Å². The molecule has 198 valence electrons. The fraction of sp³-hybridized carbons (Fsp3) is 0.357. The van der Waals surface area contributed by atoms with Gasteiger partial charge in [0.25, 0.3) is 11.8 Å². The lowest BCUT2D eigenvalue weighted by molar-refractivity contribution is -0.119. The summed E-state index contributed by atoms with van der Waals surface area (Å²) in [5, 5.41) is 37.1. The maximum Gasteiger partial charge on any atom is 0.264 e. The fourth-order valence-electron chi connectivity index (χ4n) is 4.33. The number of fused-ring (bicyclic) bond motifs is 2. The van der Waals surface area contributed by atoms with Gasteiger partial charge in [0.05, 0.1) is 11.0 Å². The van der Waals surface area contributed by atoms with Gasteiger partial charge < -0.3 is 20.2 Å². The van der Waals surface area contributed by atoms with Crippen molar-refractivity contribution in [3.05, 3.63) is 47.5 Å². The van der Waals surface area contributed by atoms with Gasteiger partial charge in [0, 0.05) is 23.6 Å². The van der Waals surface area contributed by atoms with Crippen LogP contribution in [0.3, 0.4) is 0 Å². The van der Waals surface area contributed by atoms with Crippen molar-refractivity contribution in [2.24, 2.45) is 20.5 Å². The molecule has 4 aromatic rings. The molecule has 0 aliphatic carbocycles. The van der Waals surface area contributed by atoms with Gasteiger partial charge >= 0.3 is 0 Å². The number of nitrogens with zero attached hydrogens (tertiary/aromatic N) is 4. The third kappa shape index (κ3) is 6.70. The highest BCUT2D eigenvalue weighted by molar-refractivity contribution is 5.95. The van der Waals surface area contributed by atoms with Crippen LogP contribution in [0.1, 0.15) is 62.5 Å². The second kappa shape index (κ2) is 12.3. The lowest BCUT2D eigenvalue weighted by atomic mass is 10.1. The molecule has 0 radical (unpaired) electrons. The third-order valence-corrected chi connectivity index (χ3v) is 6.37. The lowest BCUT2D eigenvalue weighted by Crippen LogP contribution is -1.93. The minimum atomic E-state index is -0.321. The minimum Gasteiger partial charge on any atom is -0.493 e. The number of nitrogens with one attached hydrogen (secondary N) is 2. The molecule has 38 heavy (non-hydrogen) atoms. The van der Waals surface area contributed by atoms with Crippen molar-refractivity contribution in [3.8, 4) is 11.8 Å². The van der Waals surface area contributed by atoms with Crippen molar-refractivity contribution in [1.82, 2.24) is 9.97 Å². The molecule has 0 saturated carbocycles. The number of hydrogen-bond acceptors (Lipinski definition) is 6. The summed E-state index contributed by atoms with van der Waals surface area (Å²) in [6.07, 6.45) is 5.67. The zero-order valence-electron chi connectivity index (χ0n) is 21.6. The van der Waals surface area contributed by atoms with Crippen LogP contribution in [0.5, 0.6) is 11.8 Å². The molecule has 2 aromatic carbocycles. The van der Waals surface area contributed by atoms with E-state index in [1.54, 1.807) is 0 Å². The number of aryl methyl sites for hydroxylation is 2. The highest BCUT2D eigenvalue weighted by Crippen LogP contribution is 2.37. The van der Waals surface area contributed by atoms with Gasteiger partial charge in [0.1, 0.15) is 0 Å². The van der Waals surface area contributed by atoms with E-state index in [1.165, 1.54) is 0 Å². The van der Waals surface area contributed by atoms with E-state index >= 15 is 0 Å². The molecule has 4 rings (SSSR count). The molecule has 0 unspecified atom stereocenters. The normalized spacial score (nSPS) is 11.9. The van der Waals surface area contributed by atoms with E-state index in [2.05, 4.69) is 30.4 Å². The van der Waals surface area contributed by atoms with E-state index in [9.17, 15) is 19.8 Å². The molecule has 0 fully saturated rings. The highest BCUT2D eigenvalue weighted by Gasteiger charge is 2.12. The first-order valence-corrected chi connectivity index (χ1v) is 12.8. The zero-order valence-corrected chi connectivity index (χ0v) is 21.6. The zero-order chi connectivity index (χ0) is 27.1. The summed E-state index contributed by atoms with van der Waals surface area (Å²) in [6.45, 7) is 3.89. The first kappa shape index (κ1) is 26.7. The Morgan fingerprint density at radius 2 is 1.05 bits per heavy atom. The molecular formula is C28H32N6O4. The van der Waals surface area contributed by atoms with E-state index < -0.39 is 0 Å². The molecule has 0 saturated heterocycles. The Morgan fingerprint density at radius 3 is 1.47 bits per heavy atom. The molecule has 10 heteroatoms. The van der Waals surface area contributed by atoms with E-state index in [4.69, 9.17) is 0 Å². The van der Waals surface area contributed by atoms with Gasteiger partial charge in [-0.25, -0.2) is 0 Å². The van der Waals surface area contributed by atoms with Crippen LogP contribution >= 0.6 is 0 Å². The summed E-state index contributed by atoms with van der Waals surface area (Å²) >= 11 is 0. The number of carbonyl (C=O) groups is 2. The number of carbonyl (C=O) groups excluding carboxylic acids is 2. The monoisotopic (exact) mass is 516 g/mol. The molecule has 2 amide bonds. The Hall–Kier alpha value is -4.34. The smallest absolute Gasteiger partial charge is 0.264 e. The van der Waals surface area contributed by atoms with E-state index in [1.807, 2.05) is 50.2 Å². The molecule has 0 spiro atoms. The molecule has 10 nitrogen and oxygen atoms in total. The topological polar surface area (TPSA) is 156 Å². The number of hydrogen-bond donors (Lipinski definition) is 4. The molecular weight excluding hydrogens is 484 g/mol. The number of amides is 2. The first-order valence-electron chi connectivity index (χ1n) is 12.8. The highest BCUT2D eigenvalue weighted by atomic mass is 16.3. The quantitative estimate of drug-likeness (QED) is 0.119. The summed E-state index contributed by atoms with van der Waals surface area (Å²) in [5.41, 5.74) is 4.08. The van der Waals surface area contributed by atoms with Crippen molar-refractivity contribution >= 4 is 45.0 Å². The number of H-pyrrole nitrogens is 2. The van der Waals surface area contributed by atoms with Crippen molar-refractivity contribution in [3.63, 3.8) is 0 Å². The Morgan fingerprint density at radius 1 is 0.658 bits per heavy atom. The maximum atomic E-state index is 12.1. The summed E-state index contributed by atoms with van der Waals surface area (Å²) in [5.74, 6) is -0.848. The van der Waals surface area contributed by atoms with Crippen LogP contribution in [0.2, 0.25) is 0 Å². The number of azo groups is 2. The largest absolute Gasteiger partial charge is 0.493 e. The number of aromatic hydroxyl groups is 2. The molecule has 2 aromatic heterocycles. The van der Waals surface area contributed by atoms with Crippen molar-refractivity contribution < 1.29 is 19.8 Å². The second-order valence-electron chi connectivity index (χ2n) is 9.55. The Balaban J connectivity index is 1.11. The third-order valence-electron chi connectivity index (χ3n) is 6.37. The standard InChI is InChI=1S/C28H32N6O4/c1-17-11-13-21-19(15-17)25(27(37)29-21)33-31-23(35)9-7-5-3-4-6-8-10-24(36)32-34-26-20-16-18(2)12-14-22(20)30-28(26)38/h11-16,29-30,37-38H,3-10H2,1-2H3. The number of rotatable bonds is 11. The molecule has 0 aliphatic rings.